The summed E-state index contributed by atoms with van der Waals surface area (Å²) in [6.45, 7) is 5.80. The number of aryl methyl sites for hydroxylation is 1. The number of halogens is 1. The van der Waals surface area contributed by atoms with E-state index in [0.717, 1.165) is 51.6 Å². The largest absolute Gasteiger partial charge is 0.450 e. The number of carbonyl (C=O) groups is 2. The molecule has 0 spiro atoms. The Morgan fingerprint density at radius 1 is 1.17 bits per heavy atom. The van der Waals surface area contributed by atoms with Gasteiger partial charge in [0.2, 0.25) is 0 Å². The molecule has 7 heteroatoms. The Bertz CT molecular complexity index is 788. The lowest BCUT2D eigenvalue weighted by atomic mass is 9.93. The third kappa shape index (κ3) is 4.31. The highest BCUT2D eigenvalue weighted by Gasteiger charge is 2.45. The van der Waals surface area contributed by atoms with Crippen molar-refractivity contribution in [2.75, 3.05) is 19.7 Å². The number of nitrogens with zero attached hydrogens (tertiary/aromatic N) is 2. The highest BCUT2D eigenvalue weighted by Crippen LogP contribution is 2.38. The minimum absolute atomic E-state index is 0.0948. The number of carbonyl (C=O) groups excluding carboxylic acids is 2. The lowest BCUT2D eigenvalue weighted by Crippen LogP contribution is -2.56. The van der Waals surface area contributed by atoms with Crippen molar-refractivity contribution in [1.29, 1.82) is 0 Å². The second-order valence-corrected chi connectivity index (χ2v) is 8.89. The van der Waals surface area contributed by atoms with Gasteiger partial charge in [-0.3, -0.25) is 9.69 Å². The van der Waals surface area contributed by atoms with Crippen LogP contribution < -0.4 is 5.32 Å². The summed E-state index contributed by atoms with van der Waals surface area (Å²) in [5.41, 5.74) is 0.989. The molecule has 1 aromatic rings. The molecular weight excluding hydrogens is 385 g/mol. The first-order chi connectivity index (χ1) is 14.5. The molecule has 164 valence electrons. The van der Waals surface area contributed by atoms with Gasteiger partial charge in [-0.15, -0.1) is 0 Å². The van der Waals surface area contributed by atoms with Gasteiger partial charge in [-0.05, 0) is 82.7 Å². The highest BCUT2D eigenvalue weighted by molar-refractivity contribution is 5.94. The zero-order valence-corrected chi connectivity index (χ0v) is 17.9. The number of fused-ring (bicyclic) bond motifs is 2. The normalized spacial score (nSPS) is 29.0. The highest BCUT2D eigenvalue weighted by atomic mass is 19.1. The summed E-state index contributed by atoms with van der Waals surface area (Å²) < 4.78 is 18.8. The molecular formula is C23H32FN3O3. The Kier molecular flexibility index (Phi) is 6.27. The van der Waals surface area contributed by atoms with Gasteiger partial charge >= 0.3 is 6.09 Å². The Morgan fingerprint density at radius 3 is 2.57 bits per heavy atom. The summed E-state index contributed by atoms with van der Waals surface area (Å²) >= 11 is 0. The molecule has 0 aliphatic carbocycles. The van der Waals surface area contributed by atoms with Crippen LogP contribution in [0, 0.1) is 12.7 Å². The van der Waals surface area contributed by atoms with Crippen LogP contribution in [0.2, 0.25) is 0 Å². The molecule has 3 saturated heterocycles. The van der Waals surface area contributed by atoms with Gasteiger partial charge in [0.25, 0.3) is 5.91 Å². The average Bonchev–Trinajstić information content (AvgIpc) is 3.00. The molecule has 0 saturated carbocycles. The number of amides is 2. The lowest BCUT2D eigenvalue weighted by molar-refractivity contribution is 0.0309. The van der Waals surface area contributed by atoms with E-state index in [2.05, 4.69) is 10.2 Å². The van der Waals surface area contributed by atoms with E-state index < -0.39 is 0 Å². The molecule has 3 heterocycles. The SMILES string of the molecule is CCOC(=O)N1C2CCC1CC(N1CCC[C@@H](NC(=O)c3ccc(F)c(C)c3)C1)C2. The minimum atomic E-state index is -0.292. The number of nitrogens with one attached hydrogen (secondary N) is 1. The molecule has 6 nitrogen and oxygen atoms in total. The summed E-state index contributed by atoms with van der Waals surface area (Å²) in [5, 5.41) is 3.15. The predicted molar refractivity (Wildman–Crippen MR) is 112 cm³/mol. The van der Waals surface area contributed by atoms with Gasteiger partial charge in [0.15, 0.2) is 0 Å². The van der Waals surface area contributed by atoms with Crippen LogP contribution >= 0.6 is 0 Å². The van der Waals surface area contributed by atoms with Crippen molar-refractivity contribution in [3.63, 3.8) is 0 Å². The van der Waals surface area contributed by atoms with Crippen LogP contribution in [-0.2, 0) is 4.74 Å². The van der Waals surface area contributed by atoms with Crippen molar-refractivity contribution in [3.8, 4) is 0 Å². The van der Waals surface area contributed by atoms with Crippen LogP contribution in [0.15, 0.2) is 18.2 Å². The van der Waals surface area contributed by atoms with Crippen LogP contribution in [0.3, 0.4) is 0 Å². The molecule has 2 amide bonds. The quantitative estimate of drug-likeness (QED) is 0.815. The molecule has 30 heavy (non-hydrogen) atoms. The Morgan fingerprint density at radius 2 is 1.90 bits per heavy atom. The summed E-state index contributed by atoms with van der Waals surface area (Å²) in [5.74, 6) is -0.429. The zero-order chi connectivity index (χ0) is 21.3. The van der Waals surface area contributed by atoms with Crippen LogP contribution in [0.25, 0.3) is 0 Å². The first-order valence-electron chi connectivity index (χ1n) is 11.2. The second-order valence-electron chi connectivity index (χ2n) is 8.89. The predicted octanol–water partition coefficient (Wildman–Crippen LogP) is 3.48. The van der Waals surface area contributed by atoms with Crippen molar-refractivity contribution in [1.82, 2.24) is 15.1 Å². The topological polar surface area (TPSA) is 61.9 Å². The third-order valence-electron chi connectivity index (χ3n) is 6.91. The minimum Gasteiger partial charge on any atom is -0.450 e. The number of rotatable bonds is 4. The van der Waals surface area contributed by atoms with Crippen molar-refractivity contribution < 1.29 is 18.7 Å². The molecule has 1 aromatic carbocycles. The number of piperidine rings is 2. The van der Waals surface area contributed by atoms with Gasteiger partial charge in [-0.25, -0.2) is 9.18 Å². The average molecular weight is 418 g/mol. The zero-order valence-electron chi connectivity index (χ0n) is 17.9. The summed E-state index contributed by atoms with van der Waals surface area (Å²) in [6.07, 6.45) is 5.90. The van der Waals surface area contributed by atoms with Gasteiger partial charge in [-0.1, -0.05) is 0 Å². The van der Waals surface area contributed by atoms with Gasteiger partial charge in [0.1, 0.15) is 5.82 Å². The van der Waals surface area contributed by atoms with Crippen molar-refractivity contribution in [2.24, 2.45) is 0 Å². The molecule has 3 aliphatic rings. The van der Waals surface area contributed by atoms with E-state index in [9.17, 15) is 14.0 Å². The maximum Gasteiger partial charge on any atom is 0.410 e. The molecule has 4 rings (SSSR count). The van der Waals surface area contributed by atoms with E-state index in [-0.39, 0.29) is 35.9 Å². The monoisotopic (exact) mass is 417 g/mol. The van der Waals surface area contributed by atoms with E-state index in [1.54, 1.807) is 19.1 Å². The first-order valence-corrected chi connectivity index (χ1v) is 11.2. The van der Waals surface area contributed by atoms with Crippen LogP contribution in [-0.4, -0.2) is 65.7 Å². The number of hydrogen-bond acceptors (Lipinski definition) is 4. The molecule has 3 atom stereocenters. The van der Waals surface area contributed by atoms with Gasteiger partial charge in [0.05, 0.1) is 6.61 Å². The summed E-state index contributed by atoms with van der Waals surface area (Å²) in [7, 11) is 0. The van der Waals surface area contributed by atoms with Crippen molar-refractivity contribution in [2.45, 2.75) is 76.5 Å². The van der Waals surface area contributed by atoms with E-state index in [1.807, 2.05) is 11.8 Å². The molecule has 2 unspecified atom stereocenters. The number of benzene rings is 1. The van der Waals surface area contributed by atoms with E-state index in [0.29, 0.717) is 23.8 Å². The fourth-order valence-corrected chi connectivity index (χ4v) is 5.45. The fraction of sp³-hybridized carbons (Fsp3) is 0.652. The summed E-state index contributed by atoms with van der Waals surface area (Å²) in [6, 6.07) is 5.58. The number of likely N-dealkylation sites (tertiary alicyclic amines) is 1. The van der Waals surface area contributed by atoms with Crippen LogP contribution in [0.5, 0.6) is 0 Å². The molecule has 0 aromatic heterocycles. The van der Waals surface area contributed by atoms with Gasteiger partial charge in [-0.2, -0.15) is 0 Å². The van der Waals surface area contributed by atoms with E-state index >= 15 is 0 Å². The van der Waals surface area contributed by atoms with E-state index in [1.165, 1.54) is 6.07 Å². The Hall–Kier alpha value is -2.15. The standard InChI is InChI=1S/C23H32FN3O3/c1-3-30-23(29)27-18-7-8-19(27)13-20(12-18)26-10-4-5-17(14-26)25-22(28)16-6-9-21(24)15(2)11-16/h6,9,11,17-20H,3-5,7-8,10,12-14H2,1-2H3,(H,25,28)/t17-,18?,19?,20?/m1/s1. The Balaban J connectivity index is 1.35. The van der Waals surface area contributed by atoms with E-state index in [4.69, 9.17) is 4.74 Å². The smallest absolute Gasteiger partial charge is 0.410 e. The molecule has 3 fully saturated rings. The van der Waals surface area contributed by atoms with Crippen LogP contribution in [0.4, 0.5) is 9.18 Å². The van der Waals surface area contributed by atoms with Gasteiger partial charge < -0.3 is 15.0 Å². The van der Waals surface area contributed by atoms with Gasteiger partial charge in [0, 0.05) is 36.3 Å². The summed E-state index contributed by atoms with van der Waals surface area (Å²) in [4.78, 5) is 29.4. The maximum atomic E-state index is 13.5. The van der Waals surface area contributed by atoms with Crippen molar-refractivity contribution in [3.05, 3.63) is 35.1 Å². The van der Waals surface area contributed by atoms with Crippen LogP contribution in [0.1, 0.15) is 61.4 Å². The molecule has 3 aliphatic heterocycles. The molecule has 1 N–H and O–H groups in total. The number of hydrogen-bond donors (Lipinski definition) is 1. The third-order valence-corrected chi connectivity index (χ3v) is 6.91. The maximum absolute atomic E-state index is 13.5. The molecule has 2 bridgehead atoms. The lowest BCUT2D eigenvalue weighted by Gasteiger charge is -2.45. The molecule has 0 radical (unpaired) electrons. The first kappa shape index (κ1) is 21.1. The fourth-order valence-electron chi connectivity index (χ4n) is 5.45. The Labute approximate surface area is 177 Å². The second kappa shape index (κ2) is 8.92. The van der Waals surface area contributed by atoms with Crippen molar-refractivity contribution >= 4 is 12.0 Å². The number of ether oxygens (including phenoxy) is 1.